The summed E-state index contributed by atoms with van der Waals surface area (Å²) in [6.45, 7) is 20.1. The standard InChI is InChI=1S/C23H34.C2H4/c1-15(2)19-8-9-20-18-7-6-17-14-16(3)10-12-22(17,4)21(18)11-13-23(19,20)5;1-2/h6,14,18-21H,1,7-13H2,2-5H3;1-2H2. The molecular formula is C25H38. The van der Waals surface area contributed by atoms with Gasteiger partial charge in [0.25, 0.3) is 0 Å². The second-order valence-corrected chi connectivity index (χ2v) is 9.70. The molecule has 4 aliphatic carbocycles. The van der Waals surface area contributed by atoms with Gasteiger partial charge in [-0.1, -0.05) is 43.7 Å². The van der Waals surface area contributed by atoms with Gasteiger partial charge in [0.1, 0.15) is 0 Å². The Balaban J connectivity index is 0.000000880. The summed E-state index contributed by atoms with van der Waals surface area (Å²) in [6, 6.07) is 0. The van der Waals surface area contributed by atoms with Crippen LogP contribution in [0.15, 0.2) is 48.6 Å². The van der Waals surface area contributed by atoms with Crippen LogP contribution in [-0.4, -0.2) is 0 Å². The first-order chi connectivity index (χ1) is 11.9. The molecule has 0 radical (unpaired) electrons. The van der Waals surface area contributed by atoms with Crippen LogP contribution >= 0.6 is 0 Å². The summed E-state index contributed by atoms with van der Waals surface area (Å²) in [6.07, 6.45) is 14.9. The van der Waals surface area contributed by atoms with Crippen LogP contribution < -0.4 is 0 Å². The summed E-state index contributed by atoms with van der Waals surface area (Å²) in [5.41, 5.74) is 5.72. The fourth-order valence-electron chi connectivity index (χ4n) is 7.28. The minimum atomic E-state index is 0.463. The maximum absolute atomic E-state index is 4.35. The van der Waals surface area contributed by atoms with Crippen molar-refractivity contribution in [3.63, 3.8) is 0 Å². The molecule has 0 aliphatic heterocycles. The summed E-state index contributed by atoms with van der Waals surface area (Å²) in [7, 11) is 0. The number of allylic oxidation sites excluding steroid dienone is 5. The maximum Gasteiger partial charge on any atom is -0.00443 e. The molecule has 2 saturated carbocycles. The SMILES string of the molecule is C=C.C=C(C)C1CCC2C3CC=C4C=C(C)CCC4(C)C3CCC12C. The number of hydrogen-bond donors (Lipinski definition) is 0. The van der Waals surface area contributed by atoms with E-state index in [2.05, 4.69) is 59.6 Å². The Labute approximate surface area is 156 Å². The summed E-state index contributed by atoms with van der Waals surface area (Å²) >= 11 is 0. The van der Waals surface area contributed by atoms with Gasteiger partial charge in [0.15, 0.2) is 0 Å². The Morgan fingerprint density at radius 3 is 2.48 bits per heavy atom. The van der Waals surface area contributed by atoms with Crippen LogP contribution in [0.3, 0.4) is 0 Å². The third-order valence-electron chi connectivity index (χ3n) is 8.56. The van der Waals surface area contributed by atoms with Crippen molar-refractivity contribution in [2.75, 3.05) is 0 Å². The van der Waals surface area contributed by atoms with E-state index in [0.29, 0.717) is 10.8 Å². The van der Waals surface area contributed by atoms with Gasteiger partial charge >= 0.3 is 0 Å². The summed E-state index contributed by atoms with van der Waals surface area (Å²) in [5, 5.41) is 0. The van der Waals surface area contributed by atoms with Crippen molar-refractivity contribution in [1.29, 1.82) is 0 Å². The van der Waals surface area contributed by atoms with Crippen LogP contribution in [0.25, 0.3) is 0 Å². The molecule has 0 amide bonds. The first-order valence-electron chi connectivity index (χ1n) is 10.4. The summed E-state index contributed by atoms with van der Waals surface area (Å²) < 4.78 is 0. The zero-order valence-electron chi connectivity index (χ0n) is 17.0. The molecule has 0 aromatic heterocycles. The third kappa shape index (κ3) is 2.71. The summed E-state index contributed by atoms with van der Waals surface area (Å²) in [4.78, 5) is 0. The molecule has 0 N–H and O–H groups in total. The van der Waals surface area contributed by atoms with Crippen molar-refractivity contribution in [3.8, 4) is 0 Å². The smallest absolute Gasteiger partial charge is 0.00443 e. The van der Waals surface area contributed by atoms with Gasteiger partial charge in [-0.2, -0.15) is 0 Å². The lowest BCUT2D eigenvalue weighted by Gasteiger charge is -2.57. The molecular weight excluding hydrogens is 300 g/mol. The van der Waals surface area contributed by atoms with Gasteiger partial charge in [-0.25, -0.2) is 0 Å². The fraction of sp³-hybridized carbons (Fsp3) is 0.680. The Morgan fingerprint density at radius 2 is 1.80 bits per heavy atom. The third-order valence-corrected chi connectivity index (χ3v) is 8.56. The van der Waals surface area contributed by atoms with Crippen molar-refractivity contribution < 1.29 is 0 Å². The van der Waals surface area contributed by atoms with Crippen LogP contribution in [0.2, 0.25) is 0 Å². The second-order valence-electron chi connectivity index (χ2n) is 9.70. The molecule has 25 heavy (non-hydrogen) atoms. The first kappa shape index (κ1) is 18.7. The topological polar surface area (TPSA) is 0 Å². The molecule has 6 unspecified atom stereocenters. The van der Waals surface area contributed by atoms with Crippen LogP contribution in [0.4, 0.5) is 0 Å². The van der Waals surface area contributed by atoms with E-state index in [9.17, 15) is 0 Å². The van der Waals surface area contributed by atoms with E-state index >= 15 is 0 Å². The van der Waals surface area contributed by atoms with Crippen molar-refractivity contribution in [1.82, 2.24) is 0 Å². The molecule has 4 rings (SSSR count). The first-order valence-corrected chi connectivity index (χ1v) is 10.4. The van der Waals surface area contributed by atoms with E-state index in [0.717, 1.165) is 23.7 Å². The van der Waals surface area contributed by atoms with Gasteiger partial charge < -0.3 is 0 Å². The Bertz CT molecular complexity index is 606. The van der Waals surface area contributed by atoms with Crippen LogP contribution in [0, 0.1) is 34.5 Å². The molecule has 0 nitrogen and oxygen atoms in total. The van der Waals surface area contributed by atoms with Gasteiger partial charge in [0, 0.05) is 0 Å². The van der Waals surface area contributed by atoms with Crippen molar-refractivity contribution in [3.05, 3.63) is 48.6 Å². The van der Waals surface area contributed by atoms with E-state index < -0.39 is 0 Å². The van der Waals surface area contributed by atoms with E-state index in [1.165, 1.54) is 50.5 Å². The Morgan fingerprint density at radius 1 is 1.08 bits per heavy atom. The predicted molar refractivity (Wildman–Crippen MR) is 110 cm³/mol. The molecule has 0 heteroatoms. The highest BCUT2D eigenvalue weighted by molar-refractivity contribution is 5.36. The van der Waals surface area contributed by atoms with Crippen molar-refractivity contribution in [2.24, 2.45) is 34.5 Å². The van der Waals surface area contributed by atoms with Crippen molar-refractivity contribution in [2.45, 2.75) is 72.6 Å². The van der Waals surface area contributed by atoms with Crippen LogP contribution in [0.5, 0.6) is 0 Å². The maximum atomic E-state index is 4.35. The number of hydrogen-bond acceptors (Lipinski definition) is 0. The zero-order valence-corrected chi connectivity index (χ0v) is 17.0. The van der Waals surface area contributed by atoms with E-state index in [1.54, 1.807) is 11.1 Å². The minimum Gasteiger partial charge on any atom is -0.106 e. The molecule has 0 heterocycles. The lowest BCUT2D eigenvalue weighted by molar-refractivity contribution is -0.0303. The largest absolute Gasteiger partial charge is 0.106 e. The van der Waals surface area contributed by atoms with E-state index in [-0.39, 0.29) is 0 Å². The fourth-order valence-corrected chi connectivity index (χ4v) is 7.28. The lowest BCUT2D eigenvalue weighted by atomic mass is 9.47. The summed E-state index contributed by atoms with van der Waals surface area (Å²) in [5.74, 6) is 3.57. The van der Waals surface area contributed by atoms with Gasteiger partial charge in [0.05, 0.1) is 0 Å². The average molecular weight is 339 g/mol. The van der Waals surface area contributed by atoms with Gasteiger partial charge in [-0.3, -0.25) is 0 Å². The Hall–Kier alpha value is -1.04. The molecule has 0 bridgehead atoms. The predicted octanol–water partition coefficient (Wildman–Crippen LogP) is 7.50. The highest BCUT2D eigenvalue weighted by Gasteiger charge is 2.58. The molecule has 0 aromatic rings. The lowest BCUT2D eigenvalue weighted by Crippen LogP contribution is -2.49. The molecule has 0 spiro atoms. The minimum absolute atomic E-state index is 0.463. The Kier molecular flexibility index (Phi) is 4.95. The highest BCUT2D eigenvalue weighted by atomic mass is 14.6. The molecule has 4 aliphatic rings. The number of fused-ring (bicyclic) bond motifs is 5. The highest BCUT2D eigenvalue weighted by Crippen LogP contribution is 2.66. The van der Waals surface area contributed by atoms with Gasteiger partial charge in [-0.15, -0.1) is 13.2 Å². The second kappa shape index (κ2) is 6.60. The van der Waals surface area contributed by atoms with Crippen molar-refractivity contribution >= 4 is 0 Å². The number of rotatable bonds is 1. The average Bonchev–Trinajstić information content (AvgIpc) is 2.95. The van der Waals surface area contributed by atoms with E-state index in [4.69, 9.17) is 0 Å². The zero-order chi connectivity index (χ0) is 18.4. The molecule has 138 valence electrons. The molecule has 2 fully saturated rings. The van der Waals surface area contributed by atoms with E-state index in [1.807, 2.05) is 0 Å². The normalized spacial score (nSPS) is 45.0. The van der Waals surface area contributed by atoms with Gasteiger partial charge in [-0.05, 0) is 98.9 Å². The molecule has 0 aromatic carbocycles. The van der Waals surface area contributed by atoms with Gasteiger partial charge in [0.2, 0.25) is 0 Å². The molecule has 6 atom stereocenters. The quantitative estimate of drug-likeness (QED) is 0.434. The molecule has 0 saturated heterocycles. The van der Waals surface area contributed by atoms with Crippen LogP contribution in [0.1, 0.15) is 72.6 Å². The van der Waals surface area contributed by atoms with Crippen LogP contribution in [-0.2, 0) is 0 Å². The monoisotopic (exact) mass is 338 g/mol.